The summed E-state index contributed by atoms with van der Waals surface area (Å²) in [7, 11) is 0. The maximum Gasteiger partial charge on any atom is 0.140 e. The van der Waals surface area contributed by atoms with Gasteiger partial charge in [0.15, 0.2) is 0 Å². The number of hydrogen-bond donors (Lipinski definition) is 1. The summed E-state index contributed by atoms with van der Waals surface area (Å²) in [5.41, 5.74) is 23.6. The molecule has 1 atom stereocenters. The molecule has 0 aliphatic heterocycles. The Hall–Kier alpha value is -7.49. The molecule has 2 aliphatic rings. The SMILES string of the molecule is C=C(NC(/N=C(\C)c1ccccc1)C1=CCCCC1)c1cccc(Cc2ccc(-c3ccc4c(c3)c3cc(-c5cccc6c5Cc5ccccc5-6)ccc3n4-c3ccccc3)cc2)c1C. The van der Waals surface area contributed by atoms with Gasteiger partial charge in [0.2, 0.25) is 0 Å². The van der Waals surface area contributed by atoms with Gasteiger partial charge in [-0.3, -0.25) is 4.99 Å². The van der Waals surface area contributed by atoms with Crippen molar-refractivity contribution >= 4 is 33.2 Å². The maximum absolute atomic E-state index is 5.24. The number of rotatable bonds is 11. The van der Waals surface area contributed by atoms with Crippen LogP contribution in [0.1, 0.15) is 71.6 Å². The molecule has 9 aromatic rings. The number of fused-ring (bicyclic) bond motifs is 6. The average Bonchev–Trinajstić information content (AvgIpc) is 3.91. The Morgan fingerprint density at radius 3 is 2.08 bits per heavy atom. The Balaban J connectivity index is 0.886. The number of hydrogen-bond acceptors (Lipinski definition) is 2. The summed E-state index contributed by atoms with van der Waals surface area (Å²) >= 11 is 0. The number of aliphatic imine (C=N–C) groups is 1. The highest BCUT2D eigenvalue weighted by Gasteiger charge is 2.23. The summed E-state index contributed by atoms with van der Waals surface area (Å²) in [6.07, 6.45) is 8.65. The van der Waals surface area contributed by atoms with Gasteiger partial charge in [-0.1, -0.05) is 158 Å². The van der Waals surface area contributed by atoms with Crippen LogP contribution in [0.3, 0.4) is 0 Å². The molecule has 0 amide bonds. The van der Waals surface area contributed by atoms with Gasteiger partial charge in [0.25, 0.3) is 0 Å². The fourth-order valence-electron chi connectivity index (χ4n) is 10.4. The monoisotopic (exact) mass is 839 g/mol. The fourth-order valence-corrected chi connectivity index (χ4v) is 10.4. The van der Waals surface area contributed by atoms with Crippen LogP contribution in [0.2, 0.25) is 0 Å². The van der Waals surface area contributed by atoms with Gasteiger partial charge < -0.3 is 9.88 Å². The van der Waals surface area contributed by atoms with Crippen molar-refractivity contribution in [2.45, 2.75) is 58.5 Å². The van der Waals surface area contributed by atoms with Gasteiger partial charge in [0, 0.05) is 33.4 Å². The number of nitrogens with zero attached hydrogens (tertiary/aromatic N) is 2. The fraction of sp³-hybridized carbons (Fsp3) is 0.145. The van der Waals surface area contributed by atoms with Gasteiger partial charge >= 0.3 is 0 Å². The topological polar surface area (TPSA) is 29.3 Å². The van der Waals surface area contributed by atoms with Gasteiger partial charge in [-0.05, 0) is 161 Å². The summed E-state index contributed by atoms with van der Waals surface area (Å²) in [4.78, 5) is 5.24. The highest BCUT2D eigenvalue weighted by molar-refractivity contribution is 6.12. The summed E-state index contributed by atoms with van der Waals surface area (Å²) in [5, 5.41) is 6.29. The standard InChI is InChI=1S/C62H53N3/c1-41-48(22-15-26-53(41)43(3)64-62(47-19-9-5-10-20-47)63-42(2)45-17-7-4-8-18-45)37-44-29-31-46(32-30-44)49-33-35-60-58(38-49)59-40-51(34-36-61(59)65(60)52-23-11-6-12-24-52)55-27-16-28-56-54-25-14-13-21-50(54)39-57(55)56/h4,6-8,11-19,21-36,38,40,62,64H,3,5,9-10,20,37,39H2,1-2H3/b63-42+. The van der Waals surface area contributed by atoms with Crippen LogP contribution in [0.25, 0.3) is 66.6 Å². The molecule has 8 aromatic carbocycles. The lowest BCUT2D eigenvalue weighted by atomic mass is 9.93. The Morgan fingerprint density at radius 2 is 1.31 bits per heavy atom. The van der Waals surface area contributed by atoms with Gasteiger partial charge in [-0.2, -0.15) is 0 Å². The van der Waals surface area contributed by atoms with Crippen molar-refractivity contribution in [1.29, 1.82) is 0 Å². The van der Waals surface area contributed by atoms with E-state index >= 15 is 0 Å². The van der Waals surface area contributed by atoms with Crippen molar-refractivity contribution < 1.29 is 0 Å². The highest BCUT2D eigenvalue weighted by atomic mass is 15.1. The predicted octanol–water partition coefficient (Wildman–Crippen LogP) is 15.5. The summed E-state index contributed by atoms with van der Waals surface area (Å²) < 4.78 is 2.42. The van der Waals surface area contributed by atoms with E-state index < -0.39 is 0 Å². The number of para-hydroxylation sites is 1. The molecule has 3 heteroatoms. The molecule has 0 saturated carbocycles. The molecule has 65 heavy (non-hydrogen) atoms. The number of benzene rings is 8. The van der Waals surface area contributed by atoms with Crippen LogP contribution in [-0.4, -0.2) is 16.4 Å². The molecular weight excluding hydrogens is 787 g/mol. The molecule has 0 saturated heterocycles. The van der Waals surface area contributed by atoms with Crippen molar-refractivity contribution in [2.24, 2.45) is 4.99 Å². The molecule has 0 fully saturated rings. The molecule has 0 spiro atoms. The Labute approximate surface area is 383 Å². The Bertz CT molecular complexity index is 3310. The summed E-state index contributed by atoms with van der Waals surface area (Å²) in [6, 6.07) is 66.7. The van der Waals surface area contributed by atoms with E-state index in [1.54, 1.807) is 0 Å². The molecule has 1 heterocycles. The summed E-state index contributed by atoms with van der Waals surface area (Å²) in [6.45, 7) is 8.93. The first-order chi connectivity index (χ1) is 32.0. The van der Waals surface area contributed by atoms with Crippen LogP contribution in [0.4, 0.5) is 0 Å². The van der Waals surface area contributed by atoms with Crippen LogP contribution >= 0.6 is 0 Å². The van der Waals surface area contributed by atoms with E-state index in [2.05, 4.69) is 218 Å². The molecule has 316 valence electrons. The van der Waals surface area contributed by atoms with E-state index in [9.17, 15) is 0 Å². The summed E-state index contributed by atoms with van der Waals surface area (Å²) in [5.74, 6) is 0. The van der Waals surface area contributed by atoms with Crippen molar-refractivity contribution in [3.05, 3.63) is 239 Å². The van der Waals surface area contributed by atoms with Gasteiger partial charge in [-0.15, -0.1) is 0 Å². The number of nitrogens with one attached hydrogen (secondary N) is 1. The highest BCUT2D eigenvalue weighted by Crippen LogP contribution is 2.43. The minimum absolute atomic E-state index is 0.141. The molecule has 0 bridgehead atoms. The minimum atomic E-state index is -0.141. The zero-order valence-corrected chi connectivity index (χ0v) is 37.3. The molecule has 1 N–H and O–H groups in total. The quantitative estimate of drug-likeness (QED) is 0.102. The maximum atomic E-state index is 5.24. The lowest BCUT2D eigenvalue weighted by Gasteiger charge is -2.25. The van der Waals surface area contributed by atoms with Crippen LogP contribution < -0.4 is 5.32 Å². The molecule has 1 unspecified atom stereocenters. The molecule has 1 aromatic heterocycles. The second-order valence-corrected chi connectivity index (χ2v) is 17.9. The first-order valence-corrected chi connectivity index (χ1v) is 23.2. The molecule has 11 rings (SSSR count). The average molecular weight is 840 g/mol. The smallest absolute Gasteiger partial charge is 0.140 e. The van der Waals surface area contributed by atoms with Crippen molar-refractivity contribution in [3.8, 4) is 39.1 Å². The number of allylic oxidation sites excluding steroid dienone is 1. The van der Waals surface area contributed by atoms with Crippen LogP contribution in [0.15, 0.2) is 205 Å². The van der Waals surface area contributed by atoms with E-state index in [4.69, 9.17) is 4.99 Å². The molecular formula is C62H53N3. The van der Waals surface area contributed by atoms with Crippen LogP contribution in [-0.2, 0) is 12.8 Å². The number of aromatic nitrogens is 1. The van der Waals surface area contributed by atoms with E-state index in [1.807, 2.05) is 0 Å². The third-order valence-electron chi connectivity index (χ3n) is 13.9. The van der Waals surface area contributed by atoms with E-state index in [0.717, 1.165) is 48.2 Å². The second kappa shape index (κ2) is 17.2. The van der Waals surface area contributed by atoms with Gasteiger partial charge in [0.05, 0.1) is 11.0 Å². The van der Waals surface area contributed by atoms with Crippen molar-refractivity contribution in [1.82, 2.24) is 9.88 Å². The zero-order valence-electron chi connectivity index (χ0n) is 37.3. The van der Waals surface area contributed by atoms with E-state index in [-0.39, 0.29) is 6.17 Å². The lowest BCUT2D eigenvalue weighted by molar-refractivity contribution is 0.610. The van der Waals surface area contributed by atoms with E-state index in [1.165, 1.54) is 107 Å². The second-order valence-electron chi connectivity index (χ2n) is 17.9. The third kappa shape index (κ3) is 7.72. The predicted molar refractivity (Wildman–Crippen MR) is 275 cm³/mol. The Morgan fingerprint density at radius 1 is 0.646 bits per heavy atom. The lowest BCUT2D eigenvalue weighted by Crippen LogP contribution is -2.30. The molecule has 0 radical (unpaired) electrons. The van der Waals surface area contributed by atoms with Crippen LogP contribution in [0, 0.1) is 6.92 Å². The van der Waals surface area contributed by atoms with Crippen molar-refractivity contribution in [3.63, 3.8) is 0 Å². The molecule has 3 nitrogen and oxygen atoms in total. The van der Waals surface area contributed by atoms with Gasteiger partial charge in [0.1, 0.15) is 6.17 Å². The molecule has 2 aliphatic carbocycles. The normalized spacial score (nSPS) is 13.9. The Kier molecular flexibility index (Phi) is 10.7. The van der Waals surface area contributed by atoms with E-state index in [0.29, 0.717) is 0 Å². The van der Waals surface area contributed by atoms with Crippen molar-refractivity contribution in [2.75, 3.05) is 0 Å². The first-order valence-electron chi connectivity index (χ1n) is 23.2. The third-order valence-corrected chi connectivity index (χ3v) is 13.9. The minimum Gasteiger partial charge on any atom is -0.360 e. The first kappa shape index (κ1) is 40.3. The largest absolute Gasteiger partial charge is 0.360 e. The zero-order chi connectivity index (χ0) is 43.9. The van der Waals surface area contributed by atoms with Gasteiger partial charge in [-0.25, -0.2) is 0 Å². The van der Waals surface area contributed by atoms with Crippen LogP contribution in [0.5, 0.6) is 0 Å².